The number of rotatable bonds is 6. The van der Waals surface area contributed by atoms with Crippen molar-refractivity contribution in [3.8, 4) is 0 Å². The van der Waals surface area contributed by atoms with E-state index >= 15 is 0 Å². The maximum Gasteiger partial charge on any atom is 0.227 e. The Kier molecular flexibility index (Phi) is 6.99. The number of benzene rings is 1. The van der Waals surface area contributed by atoms with Gasteiger partial charge < -0.3 is 15.4 Å². The Morgan fingerprint density at radius 3 is 2.55 bits per heavy atom. The van der Waals surface area contributed by atoms with Gasteiger partial charge in [0, 0.05) is 18.2 Å². The van der Waals surface area contributed by atoms with Gasteiger partial charge in [-0.05, 0) is 43.6 Å². The van der Waals surface area contributed by atoms with Crippen molar-refractivity contribution < 1.29 is 9.53 Å². The van der Waals surface area contributed by atoms with Crippen LogP contribution in [0.4, 0.5) is 5.69 Å². The standard InChI is InChI=1S/C15H22N2O2.ClH/c1-3-19-10-12-4-6-14(7-5-12)17-15(18)11(2)13-8-16-9-13;/h4-7,11,13,16H,3,8-10H2,1-2H3,(H,17,18);1H. The van der Waals surface area contributed by atoms with Gasteiger partial charge in [0.1, 0.15) is 0 Å². The lowest BCUT2D eigenvalue weighted by Crippen LogP contribution is -2.48. The Morgan fingerprint density at radius 1 is 1.40 bits per heavy atom. The van der Waals surface area contributed by atoms with E-state index < -0.39 is 0 Å². The van der Waals surface area contributed by atoms with E-state index in [1.54, 1.807) is 0 Å². The van der Waals surface area contributed by atoms with Crippen LogP contribution in [0.15, 0.2) is 24.3 Å². The maximum atomic E-state index is 12.0. The second kappa shape index (κ2) is 8.25. The molecule has 1 saturated heterocycles. The van der Waals surface area contributed by atoms with Gasteiger partial charge in [-0.1, -0.05) is 19.1 Å². The fourth-order valence-electron chi connectivity index (χ4n) is 2.04. The molecule has 1 aliphatic heterocycles. The molecule has 1 amide bonds. The van der Waals surface area contributed by atoms with Crippen LogP contribution in [-0.4, -0.2) is 25.6 Å². The number of hydrogen-bond acceptors (Lipinski definition) is 3. The average Bonchev–Trinajstić information content (AvgIpc) is 2.36. The first-order valence-corrected chi connectivity index (χ1v) is 6.89. The lowest BCUT2D eigenvalue weighted by atomic mass is 9.88. The van der Waals surface area contributed by atoms with E-state index in [0.29, 0.717) is 19.1 Å². The summed E-state index contributed by atoms with van der Waals surface area (Å²) in [5.41, 5.74) is 1.97. The summed E-state index contributed by atoms with van der Waals surface area (Å²) >= 11 is 0. The van der Waals surface area contributed by atoms with E-state index in [9.17, 15) is 4.79 Å². The number of anilines is 1. The number of carbonyl (C=O) groups is 1. The number of amides is 1. The minimum absolute atomic E-state index is 0. The molecule has 0 saturated carbocycles. The molecule has 1 atom stereocenters. The summed E-state index contributed by atoms with van der Waals surface area (Å²) in [7, 11) is 0. The van der Waals surface area contributed by atoms with Crippen molar-refractivity contribution >= 4 is 24.0 Å². The van der Waals surface area contributed by atoms with E-state index in [1.165, 1.54) is 0 Å². The van der Waals surface area contributed by atoms with E-state index in [0.717, 1.165) is 24.3 Å². The summed E-state index contributed by atoms with van der Waals surface area (Å²) in [5.74, 6) is 0.630. The minimum atomic E-state index is 0. The second-order valence-corrected chi connectivity index (χ2v) is 5.03. The number of carbonyl (C=O) groups excluding carboxylic acids is 1. The molecule has 112 valence electrons. The zero-order chi connectivity index (χ0) is 13.7. The molecule has 0 aliphatic carbocycles. The molecule has 1 aliphatic rings. The first-order valence-electron chi connectivity index (χ1n) is 6.89. The predicted octanol–water partition coefficient (Wildman–Crippen LogP) is 2.44. The van der Waals surface area contributed by atoms with Crippen LogP contribution in [0, 0.1) is 11.8 Å². The Balaban J connectivity index is 0.00000200. The Morgan fingerprint density at radius 2 is 2.05 bits per heavy atom. The zero-order valence-corrected chi connectivity index (χ0v) is 12.8. The smallest absolute Gasteiger partial charge is 0.227 e. The van der Waals surface area contributed by atoms with Gasteiger partial charge in [-0.25, -0.2) is 0 Å². The Hall–Kier alpha value is -1.10. The Labute approximate surface area is 126 Å². The van der Waals surface area contributed by atoms with Crippen LogP contribution >= 0.6 is 12.4 Å². The first kappa shape index (κ1) is 17.0. The molecule has 2 N–H and O–H groups in total. The van der Waals surface area contributed by atoms with Gasteiger partial charge in [0.25, 0.3) is 0 Å². The van der Waals surface area contributed by atoms with Crippen LogP contribution in [0.3, 0.4) is 0 Å². The summed E-state index contributed by atoms with van der Waals surface area (Å²) in [6, 6.07) is 7.83. The van der Waals surface area contributed by atoms with Crippen LogP contribution in [0.5, 0.6) is 0 Å². The highest BCUT2D eigenvalue weighted by Crippen LogP contribution is 2.18. The van der Waals surface area contributed by atoms with Gasteiger partial charge >= 0.3 is 0 Å². The van der Waals surface area contributed by atoms with Crippen molar-refractivity contribution in [2.24, 2.45) is 11.8 Å². The fraction of sp³-hybridized carbons (Fsp3) is 0.533. The Bertz CT molecular complexity index is 418. The predicted molar refractivity (Wildman–Crippen MR) is 83.2 cm³/mol. The van der Waals surface area contributed by atoms with Gasteiger partial charge in [0.2, 0.25) is 5.91 Å². The number of ether oxygens (including phenoxy) is 1. The second-order valence-electron chi connectivity index (χ2n) is 5.03. The summed E-state index contributed by atoms with van der Waals surface area (Å²) < 4.78 is 5.34. The number of hydrogen-bond donors (Lipinski definition) is 2. The highest BCUT2D eigenvalue weighted by atomic mass is 35.5. The minimum Gasteiger partial charge on any atom is -0.377 e. The van der Waals surface area contributed by atoms with Crippen molar-refractivity contribution in [1.29, 1.82) is 0 Å². The van der Waals surface area contributed by atoms with Gasteiger partial charge in [-0.3, -0.25) is 4.79 Å². The molecule has 0 spiro atoms. The van der Waals surface area contributed by atoms with Crippen molar-refractivity contribution in [3.05, 3.63) is 29.8 Å². The van der Waals surface area contributed by atoms with E-state index in [4.69, 9.17) is 4.74 Å². The van der Waals surface area contributed by atoms with Crippen molar-refractivity contribution in [2.75, 3.05) is 25.0 Å². The fourth-order valence-corrected chi connectivity index (χ4v) is 2.04. The van der Waals surface area contributed by atoms with E-state index in [1.807, 2.05) is 38.1 Å². The quantitative estimate of drug-likeness (QED) is 0.848. The monoisotopic (exact) mass is 298 g/mol. The van der Waals surface area contributed by atoms with Crippen molar-refractivity contribution in [2.45, 2.75) is 20.5 Å². The lowest BCUT2D eigenvalue weighted by molar-refractivity contribution is -0.121. The van der Waals surface area contributed by atoms with Crippen molar-refractivity contribution in [3.63, 3.8) is 0 Å². The average molecular weight is 299 g/mol. The molecule has 5 heteroatoms. The van der Waals surface area contributed by atoms with Crippen molar-refractivity contribution in [1.82, 2.24) is 5.32 Å². The topological polar surface area (TPSA) is 50.4 Å². The highest BCUT2D eigenvalue weighted by molar-refractivity contribution is 5.92. The van der Waals surface area contributed by atoms with Gasteiger partial charge in [0.05, 0.1) is 6.61 Å². The van der Waals surface area contributed by atoms with Crippen LogP contribution < -0.4 is 10.6 Å². The molecule has 20 heavy (non-hydrogen) atoms. The molecule has 2 rings (SSSR count). The molecular weight excluding hydrogens is 276 g/mol. The molecule has 1 unspecified atom stereocenters. The summed E-state index contributed by atoms with van der Waals surface area (Å²) in [5, 5.41) is 6.16. The molecule has 1 aromatic rings. The summed E-state index contributed by atoms with van der Waals surface area (Å²) in [6.45, 7) is 7.19. The number of halogens is 1. The molecule has 1 fully saturated rings. The van der Waals surface area contributed by atoms with Gasteiger partial charge in [0.15, 0.2) is 0 Å². The zero-order valence-electron chi connectivity index (χ0n) is 12.0. The third-order valence-corrected chi connectivity index (χ3v) is 3.63. The largest absolute Gasteiger partial charge is 0.377 e. The molecule has 4 nitrogen and oxygen atoms in total. The number of nitrogens with one attached hydrogen (secondary N) is 2. The van der Waals surface area contributed by atoms with Gasteiger partial charge in [-0.15, -0.1) is 12.4 Å². The van der Waals surface area contributed by atoms with Crippen LogP contribution in [0.25, 0.3) is 0 Å². The lowest BCUT2D eigenvalue weighted by Gasteiger charge is -2.31. The summed E-state index contributed by atoms with van der Waals surface area (Å²) in [4.78, 5) is 12.0. The van der Waals surface area contributed by atoms with E-state index in [-0.39, 0.29) is 24.2 Å². The van der Waals surface area contributed by atoms with Crippen LogP contribution in [0.2, 0.25) is 0 Å². The molecule has 0 bridgehead atoms. The van der Waals surface area contributed by atoms with E-state index in [2.05, 4.69) is 10.6 Å². The normalized spacial score (nSPS) is 15.9. The SMILES string of the molecule is CCOCc1ccc(NC(=O)C(C)C2CNC2)cc1.Cl. The van der Waals surface area contributed by atoms with Crippen LogP contribution in [-0.2, 0) is 16.1 Å². The summed E-state index contributed by atoms with van der Waals surface area (Å²) in [6.07, 6.45) is 0. The van der Waals surface area contributed by atoms with Gasteiger partial charge in [-0.2, -0.15) is 0 Å². The first-order chi connectivity index (χ1) is 9.20. The third kappa shape index (κ3) is 4.47. The van der Waals surface area contributed by atoms with Crippen LogP contribution in [0.1, 0.15) is 19.4 Å². The maximum absolute atomic E-state index is 12.0. The molecule has 1 aromatic carbocycles. The molecule has 0 radical (unpaired) electrons. The molecule has 1 heterocycles. The third-order valence-electron chi connectivity index (χ3n) is 3.63. The molecule has 0 aromatic heterocycles. The molecular formula is C15H23ClN2O2. The highest BCUT2D eigenvalue weighted by Gasteiger charge is 2.28.